The fourth-order valence-corrected chi connectivity index (χ4v) is 2.95. The maximum absolute atomic E-state index is 3.66. The lowest BCUT2D eigenvalue weighted by molar-refractivity contribution is 0.262. The summed E-state index contributed by atoms with van der Waals surface area (Å²) in [6.07, 6.45) is 5.56. The molecule has 1 N–H and O–H groups in total. The van der Waals surface area contributed by atoms with Crippen LogP contribution in [-0.2, 0) is 0 Å². The predicted octanol–water partition coefficient (Wildman–Crippen LogP) is 4.29. The van der Waals surface area contributed by atoms with Gasteiger partial charge in [-0.2, -0.15) is 0 Å². The fraction of sp³-hybridized carbons (Fsp3) is 0.571. The van der Waals surface area contributed by atoms with Crippen LogP contribution < -0.4 is 5.32 Å². The molecule has 0 saturated heterocycles. The Morgan fingerprint density at radius 3 is 2.69 bits per heavy atom. The van der Waals surface area contributed by atoms with Crippen LogP contribution in [0.15, 0.2) is 28.7 Å². The van der Waals surface area contributed by atoms with Crippen LogP contribution in [0, 0.1) is 5.92 Å². The summed E-state index contributed by atoms with van der Waals surface area (Å²) in [5.74, 6) is 0.941. The van der Waals surface area contributed by atoms with Gasteiger partial charge in [-0.05, 0) is 30.5 Å². The highest BCUT2D eigenvalue weighted by Gasteiger charge is 2.23. The number of hydrogen-bond acceptors (Lipinski definition) is 1. The molecule has 0 heterocycles. The molecular weight excluding hydrogens is 262 g/mol. The van der Waals surface area contributed by atoms with Crippen LogP contribution in [0.4, 0.5) is 0 Å². The fourth-order valence-electron chi connectivity index (χ4n) is 2.39. The van der Waals surface area contributed by atoms with Gasteiger partial charge >= 0.3 is 0 Å². The van der Waals surface area contributed by atoms with E-state index >= 15 is 0 Å². The second kappa shape index (κ2) is 5.83. The molecule has 0 aromatic heterocycles. The molecule has 0 spiro atoms. The zero-order valence-electron chi connectivity index (χ0n) is 9.88. The zero-order valence-corrected chi connectivity index (χ0v) is 11.5. The maximum atomic E-state index is 3.66. The quantitative estimate of drug-likeness (QED) is 0.849. The van der Waals surface area contributed by atoms with Crippen molar-refractivity contribution in [3.8, 4) is 0 Å². The summed E-state index contributed by atoms with van der Waals surface area (Å²) in [4.78, 5) is 0. The molecule has 1 unspecified atom stereocenters. The minimum Gasteiger partial charge on any atom is -0.310 e. The highest BCUT2D eigenvalue weighted by molar-refractivity contribution is 9.10. The first kappa shape index (κ1) is 12.1. The van der Waals surface area contributed by atoms with Crippen molar-refractivity contribution in [1.29, 1.82) is 0 Å². The highest BCUT2D eigenvalue weighted by atomic mass is 79.9. The Hall–Kier alpha value is -0.340. The van der Waals surface area contributed by atoms with Gasteiger partial charge in [0.15, 0.2) is 0 Å². The summed E-state index contributed by atoms with van der Waals surface area (Å²) in [6.45, 7) is 3.23. The zero-order chi connectivity index (χ0) is 11.4. The summed E-state index contributed by atoms with van der Waals surface area (Å²) in [6, 6.07) is 9.10. The van der Waals surface area contributed by atoms with E-state index in [4.69, 9.17) is 0 Å². The van der Waals surface area contributed by atoms with Gasteiger partial charge in [-0.3, -0.25) is 0 Å². The molecule has 0 amide bonds. The molecule has 2 heteroatoms. The lowest BCUT2D eigenvalue weighted by Gasteiger charge is -2.30. The molecule has 0 radical (unpaired) electrons. The van der Waals surface area contributed by atoms with Crippen molar-refractivity contribution in [2.24, 2.45) is 5.92 Å². The molecule has 1 aliphatic carbocycles. The minimum atomic E-state index is 0.519. The first-order chi connectivity index (χ1) is 7.81. The van der Waals surface area contributed by atoms with Crippen LogP contribution in [0.2, 0.25) is 0 Å². The number of rotatable bonds is 5. The SMILES string of the molecule is CCNC(CC1CCC1)c1ccccc1Br. The largest absolute Gasteiger partial charge is 0.310 e. The Kier molecular flexibility index (Phi) is 4.42. The highest BCUT2D eigenvalue weighted by Crippen LogP contribution is 2.36. The summed E-state index contributed by atoms with van der Waals surface area (Å²) in [5, 5.41) is 3.61. The third-order valence-corrected chi connectivity index (χ3v) is 4.25. The number of nitrogens with one attached hydrogen (secondary N) is 1. The van der Waals surface area contributed by atoms with Crippen molar-refractivity contribution in [2.45, 2.75) is 38.6 Å². The van der Waals surface area contributed by atoms with Crippen molar-refractivity contribution in [3.63, 3.8) is 0 Å². The van der Waals surface area contributed by atoms with E-state index in [1.54, 1.807) is 0 Å². The minimum absolute atomic E-state index is 0.519. The third kappa shape index (κ3) is 2.86. The second-order valence-electron chi connectivity index (χ2n) is 4.66. The Bertz CT molecular complexity index is 333. The van der Waals surface area contributed by atoms with Crippen LogP contribution in [0.5, 0.6) is 0 Å². The Balaban J connectivity index is 2.08. The number of benzene rings is 1. The lowest BCUT2D eigenvalue weighted by Crippen LogP contribution is -2.26. The van der Waals surface area contributed by atoms with E-state index < -0.39 is 0 Å². The molecule has 1 saturated carbocycles. The molecule has 1 fully saturated rings. The van der Waals surface area contributed by atoms with Gasteiger partial charge in [0.25, 0.3) is 0 Å². The van der Waals surface area contributed by atoms with Crippen molar-refractivity contribution < 1.29 is 0 Å². The molecular formula is C14H20BrN. The lowest BCUT2D eigenvalue weighted by atomic mass is 9.79. The average molecular weight is 282 g/mol. The number of hydrogen-bond donors (Lipinski definition) is 1. The summed E-state index contributed by atoms with van der Waals surface area (Å²) in [5.41, 5.74) is 1.41. The van der Waals surface area contributed by atoms with E-state index in [9.17, 15) is 0 Å². The van der Waals surface area contributed by atoms with Crippen LogP contribution in [0.25, 0.3) is 0 Å². The second-order valence-corrected chi connectivity index (χ2v) is 5.52. The topological polar surface area (TPSA) is 12.0 Å². The summed E-state index contributed by atoms with van der Waals surface area (Å²) >= 11 is 3.66. The van der Waals surface area contributed by atoms with E-state index in [0.29, 0.717) is 6.04 Å². The Morgan fingerprint density at radius 2 is 2.12 bits per heavy atom. The first-order valence-electron chi connectivity index (χ1n) is 6.29. The predicted molar refractivity (Wildman–Crippen MR) is 72.5 cm³/mol. The van der Waals surface area contributed by atoms with Gasteiger partial charge in [0.05, 0.1) is 0 Å². The monoisotopic (exact) mass is 281 g/mol. The van der Waals surface area contributed by atoms with Gasteiger partial charge in [0, 0.05) is 10.5 Å². The van der Waals surface area contributed by atoms with Gasteiger partial charge in [-0.25, -0.2) is 0 Å². The van der Waals surface area contributed by atoms with Crippen LogP contribution >= 0.6 is 15.9 Å². The maximum Gasteiger partial charge on any atom is 0.0333 e. The summed E-state index contributed by atoms with van der Waals surface area (Å²) < 4.78 is 1.24. The molecule has 1 aromatic rings. The van der Waals surface area contributed by atoms with Gasteiger partial charge in [0.2, 0.25) is 0 Å². The van der Waals surface area contributed by atoms with Crippen molar-refractivity contribution in [1.82, 2.24) is 5.32 Å². The van der Waals surface area contributed by atoms with Crippen molar-refractivity contribution in [3.05, 3.63) is 34.3 Å². The molecule has 1 atom stereocenters. The molecule has 0 aliphatic heterocycles. The van der Waals surface area contributed by atoms with E-state index in [-0.39, 0.29) is 0 Å². The number of halogens is 1. The average Bonchev–Trinajstić information content (AvgIpc) is 2.23. The third-order valence-electron chi connectivity index (χ3n) is 3.52. The molecule has 1 aliphatic rings. The molecule has 16 heavy (non-hydrogen) atoms. The van der Waals surface area contributed by atoms with E-state index in [1.165, 1.54) is 35.7 Å². The van der Waals surface area contributed by atoms with Gasteiger partial charge in [-0.15, -0.1) is 0 Å². The van der Waals surface area contributed by atoms with E-state index in [0.717, 1.165) is 12.5 Å². The Morgan fingerprint density at radius 1 is 1.38 bits per heavy atom. The van der Waals surface area contributed by atoms with Crippen molar-refractivity contribution >= 4 is 15.9 Å². The van der Waals surface area contributed by atoms with Crippen LogP contribution in [0.3, 0.4) is 0 Å². The summed E-state index contributed by atoms with van der Waals surface area (Å²) in [7, 11) is 0. The first-order valence-corrected chi connectivity index (χ1v) is 7.08. The normalized spacial score (nSPS) is 18.1. The molecule has 88 valence electrons. The van der Waals surface area contributed by atoms with Crippen LogP contribution in [-0.4, -0.2) is 6.54 Å². The smallest absolute Gasteiger partial charge is 0.0333 e. The van der Waals surface area contributed by atoms with Crippen molar-refractivity contribution in [2.75, 3.05) is 6.54 Å². The van der Waals surface area contributed by atoms with E-state index in [1.807, 2.05) is 0 Å². The molecule has 1 aromatic carbocycles. The Labute approximate surface area is 107 Å². The molecule has 0 bridgehead atoms. The van der Waals surface area contributed by atoms with Gasteiger partial charge in [0.1, 0.15) is 0 Å². The van der Waals surface area contributed by atoms with Gasteiger partial charge in [-0.1, -0.05) is 60.3 Å². The van der Waals surface area contributed by atoms with Crippen LogP contribution in [0.1, 0.15) is 44.2 Å². The molecule has 2 rings (SSSR count). The van der Waals surface area contributed by atoms with Gasteiger partial charge < -0.3 is 5.32 Å². The molecule has 1 nitrogen and oxygen atoms in total. The standard InChI is InChI=1S/C14H20BrN/c1-2-16-14(10-11-6-5-7-11)12-8-3-4-9-13(12)15/h3-4,8-9,11,14,16H,2,5-7,10H2,1H3. The van der Waals surface area contributed by atoms with E-state index in [2.05, 4.69) is 52.4 Å².